The lowest BCUT2D eigenvalue weighted by Gasteiger charge is -2.36. The van der Waals surface area contributed by atoms with E-state index in [2.05, 4.69) is 30.8 Å². The molecule has 1 aliphatic carbocycles. The summed E-state index contributed by atoms with van der Waals surface area (Å²) < 4.78 is 22.7. The molecule has 8 heteroatoms. The molecule has 4 rings (SSSR count). The number of piperidine rings is 1. The molecule has 1 saturated heterocycles. The van der Waals surface area contributed by atoms with E-state index in [-0.39, 0.29) is 11.9 Å². The van der Waals surface area contributed by atoms with Crippen molar-refractivity contribution < 1.29 is 9.13 Å². The Labute approximate surface area is 232 Å². The Bertz CT molecular complexity index is 972. The molecule has 0 radical (unpaired) electrons. The minimum atomic E-state index is -0.222. The number of nitrogens with two attached hydrogens (primary N) is 1. The van der Waals surface area contributed by atoms with E-state index in [0.717, 1.165) is 49.1 Å². The van der Waals surface area contributed by atoms with Crippen LogP contribution in [-0.4, -0.2) is 43.7 Å². The lowest BCUT2D eigenvalue weighted by molar-refractivity contribution is -0.0434. The molecule has 2 atom stereocenters. The summed E-state index contributed by atoms with van der Waals surface area (Å²) in [6, 6.07) is 12.1. The zero-order chi connectivity index (χ0) is 27.7. The van der Waals surface area contributed by atoms with E-state index in [1.807, 2.05) is 30.5 Å². The first kappa shape index (κ1) is 30.4. The first-order valence-corrected chi connectivity index (χ1v) is 14.7. The number of para-hydroxylation sites is 1. The van der Waals surface area contributed by atoms with Gasteiger partial charge in [0.15, 0.2) is 0 Å². The third kappa shape index (κ3) is 9.86. The minimum absolute atomic E-state index is 0.222. The third-order valence-electron chi connectivity index (χ3n) is 7.19. The molecular formula is C30H45FN4O2S. The zero-order valence-corrected chi connectivity index (χ0v) is 24.4. The molecule has 0 amide bonds. The molecule has 0 spiro atoms. The third-order valence-corrected chi connectivity index (χ3v) is 8.04. The van der Waals surface area contributed by atoms with Crippen molar-refractivity contribution >= 4 is 29.0 Å². The average Bonchev–Trinajstić information content (AvgIpc) is 3.71. The van der Waals surface area contributed by atoms with Gasteiger partial charge < -0.3 is 15.4 Å². The molecule has 2 fully saturated rings. The predicted molar refractivity (Wildman–Crippen MR) is 158 cm³/mol. The van der Waals surface area contributed by atoms with E-state index in [1.54, 1.807) is 36.2 Å². The molecule has 210 valence electrons. The van der Waals surface area contributed by atoms with Crippen molar-refractivity contribution in [3.05, 3.63) is 53.2 Å². The van der Waals surface area contributed by atoms with Crippen LogP contribution < -0.4 is 10.6 Å². The summed E-state index contributed by atoms with van der Waals surface area (Å²) in [5.41, 5.74) is 7.56. The maximum Gasteiger partial charge on any atom is 0.148 e. The van der Waals surface area contributed by atoms with Crippen molar-refractivity contribution in [2.45, 2.75) is 76.4 Å². The van der Waals surface area contributed by atoms with Crippen LogP contribution in [-0.2, 0) is 4.74 Å². The van der Waals surface area contributed by atoms with Gasteiger partial charge in [0.2, 0.25) is 0 Å². The van der Waals surface area contributed by atoms with Crippen molar-refractivity contribution in [1.29, 1.82) is 0 Å². The van der Waals surface area contributed by atoms with Gasteiger partial charge in [0, 0.05) is 18.0 Å². The Morgan fingerprint density at radius 3 is 2.24 bits per heavy atom. The molecule has 2 unspecified atom stereocenters. The van der Waals surface area contributed by atoms with Gasteiger partial charge >= 0.3 is 0 Å². The lowest BCUT2D eigenvalue weighted by Crippen LogP contribution is -2.39. The van der Waals surface area contributed by atoms with Crippen LogP contribution >= 0.6 is 11.9 Å². The van der Waals surface area contributed by atoms with Crippen LogP contribution in [0.4, 0.5) is 21.5 Å². The Morgan fingerprint density at radius 2 is 1.71 bits per heavy atom. The van der Waals surface area contributed by atoms with Gasteiger partial charge in [0.1, 0.15) is 11.5 Å². The number of nitrogens with zero attached hydrogens (tertiary/aromatic N) is 3. The number of halogens is 1. The maximum absolute atomic E-state index is 14.2. The normalized spacial score (nSPS) is 17.7. The monoisotopic (exact) mass is 544 g/mol. The fourth-order valence-corrected chi connectivity index (χ4v) is 5.82. The maximum atomic E-state index is 14.2. The highest BCUT2D eigenvalue weighted by Gasteiger charge is 2.32. The number of ether oxygens (including phenoxy) is 1. The second-order valence-corrected chi connectivity index (χ2v) is 12.7. The predicted octanol–water partition coefficient (Wildman–Crippen LogP) is 7.90. The Balaban J connectivity index is 0.000000279. The topological polar surface area (TPSA) is 71.2 Å². The minimum Gasteiger partial charge on any atom is -0.397 e. The quantitative estimate of drug-likeness (QED) is 0.176. The SMILES string of the molecule is CC(C)CC(CC(C)C1CC1)OC1CCN(c2c(N)cccc2F)CC1.CN(C)Sc1ccc(N=O)cc1. The van der Waals surface area contributed by atoms with Crippen LogP contribution in [0.3, 0.4) is 0 Å². The zero-order valence-electron chi connectivity index (χ0n) is 23.6. The molecular weight excluding hydrogens is 499 g/mol. The van der Waals surface area contributed by atoms with Crippen molar-refractivity contribution in [3.8, 4) is 0 Å². The molecule has 2 aromatic carbocycles. The molecule has 6 nitrogen and oxygen atoms in total. The van der Waals surface area contributed by atoms with Crippen molar-refractivity contribution in [2.24, 2.45) is 22.9 Å². The smallest absolute Gasteiger partial charge is 0.148 e. The fraction of sp³-hybridized carbons (Fsp3) is 0.600. The summed E-state index contributed by atoms with van der Waals surface area (Å²) in [4.78, 5) is 13.3. The van der Waals surface area contributed by atoms with E-state index in [4.69, 9.17) is 10.5 Å². The second kappa shape index (κ2) is 14.8. The lowest BCUT2D eigenvalue weighted by atomic mass is 9.93. The summed E-state index contributed by atoms with van der Waals surface area (Å²) in [7, 11) is 3.94. The van der Waals surface area contributed by atoms with Crippen molar-refractivity contribution in [3.63, 3.8) is 0 Å². The first-order chi connectivity index (χ1) is 18.2. The van der Waals surface area contributed by atoms with Gasteiger partial charge in [-0.25, -0.2) is 4.39 Å². The summed E-state index contributed by atoms with van der Waals surface area (Å²) >= 11 is 1.61. The van der Waals surface area contributed by atoms with Gasteiger partial charge in [-0.2, -0.15) is 0 Å². The second-order valence-electron chi connectivity index (χ2n) is 11.3. The van der Waals surface area contributed by atoms with E-state index in [1.165, 1.54) is 25.3 Å². The van der Waals surface area contributed by atoms with Crippen LogP contribution in [0.5, 0.6) is 0 Å². The van der Waals surface area contributed by atoms with Crippen LogP contribution in [0.15, 0.2) is 52.5 Å². The van der Waals surface area contributed by atoms with E-state index >= 15 is 0 Å². The number of nitroso groups, excluding NO2 is 1. The summed E-state index contributed by atoms with van der Waals surface area (Å²) in [5, 5.41) is 2.82. The van der Waals surface area contributed by atoms with E-state index in [0.29, 0.717) is 29.1 Å². The molecule has 1 heterocycles. The number of rotatable bonds is 11. The molecule has 38 heavy (non-hydrogen) atoms. The molecule has 2 N–H and O–H groups in total. The van der Waals surface area contributed by atoms with E-state index < -0.39 is 0 Å². The Hall–Kier alpha value is -2.16. The Morgan fingerprint density at radius 1 is 1.05 bits per heavy atom. The summed E-state index contributed by atoms with van der Waals surface area (Å²) in [5.74, 6) is 2.14. The van der Waals surface area contributed by atoms with E-state index in [9.17, 15) is 9.30 Å². The van der Waals surface area contributed by atoms with Crippen LogP contribution in [0, 0.1) is 28.5 Å². The largest absolute Gasteiger partial charge is 0.397 e. The van der Waals surface area contributed by atoms with Gasteiger partial charge in [-0.1, -0.05) is 26.8 Å². The van der Waals surface area contributed by atoms with Crippen molar-refractivity contribution in [2.75, 3.05) is 37.8 Å². The molecule has 0 bridgehead atoms. The van der Waals surface area contributed by atoms with Gasteiger partial charge in [0.05, 0.1) is 23.6 Å². The van der Waals surface area contributed by atoms with Crippen molar-refractivity contribution in [1.82, 2.24) is 4.31 Å². The highest BCUT2D eigenvalue weighted by Crippen LogP contribution is 2.40. The summed E-state index contributed by atoms with van der Waals surface area (Å²) in [6.45, 7) is 8.56. The van der Waals surface area contributed by atoms with Crippen LogP contribution in [0.2, 0.25) is 0 Å². The summed E-state index contributed by atoms with van der Waals surface area (Å²) in [6.07, 6.45) is 7.66. The number of anilines is 2. The number of nitrogen functional groups attached to an aromatic ring is 1. The van der Waals surface area contributed by atoms with Gasteiger partial charge in [0.25, 0.3) is 0 Å². The standard InChI is InChI=1S/C22H35FN2O.C8H10N2OS/c1-15(2)13-19(14-16(3)17-7-8-17)26-18-9-11-25(12-10-18)22-20(23)5-4-6-21(22)24;1-10(2)12-8-5-3-7(9-11)4-6-8/h4-6,15-19H,7-14,24H2,1-3H3;3-6H,1-2H3. The van der Waals surface area contributed by atoms with Crippen LogP contribution in [0.25, 0.3) is 0 Å². The number of hydrogen-bond donors (Lipinski definition) is 1. The highest BCUT2D eigenvalue weighted by atomic mass is 32.2. The molecule has 2 aromatic rings. The van der Waals surface area contributed by atoms with Crippen LogP contribution in [0.1, 0.15) is 59.3 Å². The Kier molecular flexibility index (Phi) is 11.9. The van der Waals surface area contributed by atoms with Gasteiger partial charge in [-0.3, -0.25) is 4.31 Å². The average molecular weight is 545 g/mol. The number of hydrogen-bond acceptors (Lipinski definition) is 7. The molecule has 1 aliphatic heterocycles. The molecule has 2 aliphatic rings. The highest BCUT2D eigenvalue weighted by molar-refractivity contribution is 7.97. The first-order valence-electron chi connectivity index (χ1n) is 13.9. The molecule has 1 saturated carbocycles. The van der Waals surface area contributed by atoms with Gasteiger partial charge in [-0.15, -0.1) is 4.91 Å². The van der Waals surface area contributed by atoms with Gasteiger partial charge in [-0.05, 0) is 124 Å². The number of benzene rings is 2. The molecule has 0 aromatic heterocycles. The fourth-order valence-electron chi connectivity index (χ4n) is 5.14.